The van der Waals surface area contributed by atoms with Crippen LogP contribution in [0.2, 0.25) is 0 Å². The van der Waals surface area contributed by atoms with Crippen LogP contribution >= 0.6 is 0 Å². The van der Waals surface area contributed by atoms with Gasteiger partial charge in [0.1, 0.15) is 11.6 Å². The summed E-state index contributed by atoms with van der Waals surface area (Å²) >= 11 is 0. The van der Waals surface area contributed by atoms with E-state index in [0.717, 1.165) is 22.5 Å². The fraction of sp³-hybridized carbons (Fsp3) is 0.136. The second kappa shape index (κ2) is 6.71. The van der Waals surface area contributed by atoms with Gasteiger partial charge in [-0.3, -0.25) is 5.01 Å². The Hall–Kier alpha value is -3.01. The zero-order valence-electron chi connectivity index (χ0n) is 14.4. The van der Waals surface area contributed by atoms with Gasteiger partial charge in [0.2, 0.25) is 0 Å². The maximum atomic E-state index is 13.3. The second-order valence-electron chi connectivity index (χ2n) is 6.51. The number of aryl methyl sites for hydroxylation is 1. The van der Waals surface area contributed by atoms with Crippen molar-refractivity contribution in [3.63, 3.8) is 0 Å². The van der Waals surface area contributed by atoms with E-state index in [0.29, 0.717) is 6.42 Å². The molecule has 4 heteroatoms. The molecule has 4 rings (SSSR count). The SMILES string of the molecule is Cc1ccc(C2CC(c3ccc(F)cc3)=NN2c2ccc(F)cc2)cc1. The molecule has 0 aromatic heterocycles. The molecule has 0 amide bonds. The molecule has 1 aliphatic heterocycles. The fourth-order valence-electron chi connectivity index (χ4n) is 3.21. The van der Waals surface area contributed by atoms with Crippen molar-refractivity contribution in [2.45, 2.75) is 19.4 Å². The monoisotopic (exact) mass is 348 g/mol. The summed E-state index contributed by atoms with van der Waals surface area (Å²) in [4.78, 5) is 0. The molecule has 1 atom stereocenters. The van der Waals surface area contributed by atoms with Crippen LogP contribution in [0.1, 0.15) is 29.2 Å². The van der Waals surface area contributed by atoms with Crippen LogP contribution in [-0.2, 0) is 0 Å². The third-order valence-corrected chi connectivity index (χ3v) is 4.64. The number of halogens is 2. The summed E-state index contributed by atoms with van der Waals surface area (Å²) in [6, 6.07) is 21.1. The third kappa shape index (κ3) is 3.23. The lowest BCUT2D eigenvalue weighted by molar-refractivity contribution is 0.626. The number of benzene rings is 3. The van der Waals surface area contributed by atoms with Gasteiger partial charge in [0, 0.05) is 6.42 Å². The molecular weight excluding hydrogens is 330 g/mol. The zero-order chi connectivity index (χ0) is 18.1. The van der Waals surface area contributed by atoms with Gasteiger partial charge in [-0.15, -0.1) is 0 Å². The smallest absolute Gasteiger partial charge is 0.123 e. The van der Waals surface area contributed by atoms with Crippen LogP contribution in [0.5, 0.6) is 0 Å². The summed E-state index contributed by atoms with van der Waals surface area (Å²) in [6.45, 7) is 2.05. The van der Waals surface area contributed by atoms with Crippen LogP contribution in [0.25, 0.3) is 0 Å². The number of hydrazone groups is 1. The molecule has 0 spiro atoms. The van der Waals surface area contributed by atoms with Gasteiger partial charge in [-0.25, -0.2) is 8.78 Å². The van der Waals surface area contributed by atoms with Crippen LogP contribution in [0, 0.1) is 18.6 Å². The Bertz CT molecular complexity index is 929. The van der Waals surface area contributed by atoms with E-state index in [1.54, 1.807) is 24.3 Å². The van der Waals surface area contributed by atoms with Crippen LogP contribution in [0.4, 0.5) is 14.5 Å². The largest absolute Gasteiger partial charge is 0.257 e. The maximum Gasteiger partial charge on any atom is 0.123 e. The van der Waals surface area contributed by atoms with Gasteiger partial charge in [0.15, 0.2) is 0 Å². The lowest BCUT2D eigenvalue weighted by atomic mass is 9.97. The van der Waals surface area contributed by atoms with Gasteiger partial charge >= 0.3 is 0 Å². The van der Waals surface area contributed by atoms with Gasteiger partial charge in [0.05, 0.1) is 17.4 Å². The Morgan fingerprint density at radius 3 is 2.00 bits per heavy atom. The van der Waals surface area contributed by atoms with E-state index < -0.39 is 0 Å². The molecule has 0 aliphatic carbocycles. The predicted octanol–water partition coefficient (Wildman–Crippen LogP) is 5.63. The minimum atomic E-state index is -0.275. The van der Waals surface area contributed by atoms with Gasteiger partial charge in [-0.1, -0.05) is 42.0 Å². The summed E-state index contributed by atoms with van der Waals surface area (Å²) in [5.74, 6) is -0.541. The summed E-state index contributed by atoms with van der Waals surface area (Å²) < 4.78 is 26.6. The minimum Gasteiger partial charge on any atom is -0.257 e. The third-order valence-electron chi connectivity index (χ3n) is 4.64. The highest BCUT2D eigenvalue weighted by atomic mass is 19.1. The average molecular weight is 348 g/mol. The predicted molar refractivity (Wildman–Crippen MR) is 100 cm³/mol. The van der Waals surface area contributed by atoms with Crippen LogP contribution in [-0.4, -0.2) is 5.71 Å². The summed E-state index contributed by atoms with van der Waals surface area (Å²) in [6.07, 6.45) is 0.700. The van der Waals surface area contributed by atoms with E-state index in [1.165, 1.54) is 29.8 Å². The molecule has 2 nitrogen and oxygen atoms in total. The highest BCUT2D eigenvalue weighted by Gasteiger charge is 2.29. The number of anilines is 1. The molecule has 0 N–H and O–H groups in total. The Balaban J connectivity index is 1.74. The standard InChI is InChI=1S/C22H18F2N2/c1-15-2-4-17(5-3-15)22-14-21(16-6-8-18(23)9-7-16)25-26(22)20-12-10-19(24)11-13-20/h2-13,22H,14H2,1H3. The van der Waals surface area contributed by atoms with Crippen LogP contribution in [0.3, 0.4) is 0 Å². The Morgan fingerprint density at radius 1 is 0.808 bits per heavy atom. The van der Waals surface area contributed by atoms with Crippen molar-refractivity contribution in [2.75, 3.05) is 5.01 Å². The molecule has 130 valence electrons. The molecule has 3 aromatic carbocycles. The topological polar surface area (TPSA) is 15.6 Å². The summed E-state index contributed by atoms with van der Waals surface area (Å²) in [7, 11) is 0. The number of rotatable bonds is 3. The first-order chi connectivity index (χ1) is 12.6. The molecule has 0 saturated carbocycles. The highest BCUT2D eigenvalue weighted by Crippen LogP contribution is 2.36. The Labute approximate surface area is 151 Å². The van der Waals surface area contributed by atoms with E-state index in [4.69, 9.17) is 5.10 Å². The van der Waals surface area contributed by atoms with Gasteiger partial charge in [-0.05, 0) is 54.4 Å². The van der Waals surface area contributed by atoms with Crippen LogP contribution < -0.4 is 5.01 Å². The average Bonchev–Trinajstić information content (AvgIpc) is 3.09. The van der Waals surface area contributed by atoms with Crippen molar-refractivity contribution < 1.29 is 8.78 Å². The van der Waals surface area contributed by atoms with E-state index in [1.807, 2.05) is 5.01 Å². The van der Waals surface area contributed by atoms with Gasteiger partial charge < -0.3 is 0 Å². The summed E-state index contributed by atoms with van der Waals surface area (Å²) in [5, 5.41) is 6.69. The van der Waals surface area contributed by atoms with E-state index in [9.17, 15) is 8.78 Å². The normalized spacial score (nSPS) is 16.7. The van der Waals surface area contributed by atoms with Crippen LogP contribution in [0.15, 0.2) is 77.9 Å². The minimum absolute atomic E-state index is 0.0149. The van der Waals surface area contributed by atoms with E-state index in [2.05, 4.69) is 31.2 Å². The molecule has 0 bridgehead atoms. The maximum absolute atomic E-state index is 13.3. The zero-order valence-corrected chi connectivity index (χ0v) is 14.4. The van der Waals surface area contributed by atoms with E-state index >= 15 is 0 Å². The first-order valence-electron chi connectivity index (χ1n) is 8.55. The van der Waals surface area contributed by atoms with Crippen molar-refractivity contribution in [1.29, 1.82) is 0 Å². The first kappa shape index (κ1) is 16.5. The van der Waals surface area contributed by atoms with Gasteiger partial charge in [0.25, 0.3) is 0 Å². The van der Waals surface area contributed by atoms with Gasteiger partial charge in [-0.2, -0.15) is 5.10 Å². The summed E-state index contributed by atoms with van der Waals surface area (Å²) in [5.41, 5.74) is 4.95. The molecule has 0 fully saturated rings. The quantitative estimate of drug-likeness (QED) is 0.599. The molecule has 3 aromatic rings. The van der Waals surface area contributed by atoms with Crippen molar-refractivity contribution in [2.24, 2.45) is 5.10 Å². The molecule has 1 unspecified atom stereocenters. The van der Waals surface area contributed by atoms with Crippen molar-refractivity contribution in [3.05, 3.63) is 101 Å². The Morgan fingerprint density at radius 2 is 1.38 bits per heavy atom. The molecule has 26 heavy (non-hydrogen) atoms. The molecule has 1 aliphatic rings. The lowest BCUT2D eigenvalue weighted by Gasteiger charge is -2.24. The first-order valence-corrected chi connectivity index (χ1v) is 8.55. The number of hydrogen-bond acceptors (Lipinski definition) is 2. The second-order valence-corrected chi connectivity index (χ2v) is 6.51. The van der Waals surface area contributed by atoms with Crippen molar-refractivity contribution in [3.8, 4) is 0 Å². The fourth-order valence-corrected chi connectivity index (χ4v) is 3.21. The van der Waals surface area contributed by atoms with Crippen molar-refractivity contribution >= 4 is 11.4 Å². The number of nitrogens with zero attached hydrogens (tertiary/aromatic N) is 2. The molecule has 1 heterocycles. The molecule has 0 saturated heterocycles. The van der Waals surface area contributed by atoms with E-state index in [-0.39, 0.29) is 17.7 Å². The highest BCUT2D eigenvalue weighted by molar-refractivity contribution is 6.03. The molecular formula is C22H18F2N2. The number of hydrogen-bond donors (Lipinski definition) is 0. The lowest BCUT2D eigenvalue weighted by Crippen LogP contribution is -2.18. The molecule has 0 radical (unpaired) electrons. The van der Waals surface area contributed by atoms with Crippen molar-refractivity contribution in [1.82, 2.24) is 0 Å². The Kier molecular flexibility index (Phi) is 4.25.